The SMILES string of the molecule is Nc1cnc(-c2cnc3ccc(F)cn23)nc1NC1CCC(NC(=O)O)CC1. The van der Waals surface area contributed by atoms with E-state index in [-0.39, 0.29) is 17.9 Å². The molecule has 9 nitrogen and oxygen atoms in total. The first-order chi connectivity index (χ1) is 13.5. The summed E-state index contributed by atoms with van der Waals surface area (Å²) >= 11 is 0. The molecule has 1 fully saturated rings. The van der Waals surface area contributed by atoms with E-state index in [4.69, 9.17) is 10.8 Å². The van der Waals surface area contributed by atoms with Crippen molar-refractivity contribution in [3.05, 3.63) is 36.5 Å². The van der Waals surface area contributed by atoms with Crippen LogP contribution in [0.1, 0.15) is 25.7 Å². The number of amides is 1. The third kappa shape index (κ3) is 3.66. The maximum absolute atomic E-state index is 13.6. The lowest BCUT2D eigenvalue weighted by molar-refractivity contribution is 0.185. The quantitative estimate of drug-likeness (QED) is 0.543. The van der Waals surface area contributed by atoms with Gasteiger partial charge < -0.3 is 21.5 Å². The highest BCUT2D eigenvalue weighted by Crippen LogP contribution is 2.26. The van der Waals surface area contributed by atoms with Gasteiger partial charge in [0.05, 0.1) is 18.1 Å². The maximum atomic E-state index is 13.6. The van der Waals surface area contributed by atoms with Crippen molar-refractivity contribution in [3.63, 3.8) is 0 Å². The zero-order chi connectivity index (χ0) is 19.7. The van der Waals surface area contributed by atoms with E-state index in [0.717, 1.165) is 25.7 Å². The Morgan fingerprint density at radius 2 is 1.93 bits per heavy atom. The van der Waals surface area contributed by atoms with Crippen LogP contribution in [0, 0.1) is 5.82 Å². The largest absolute Gasteiger partial charge is 0.465 e. The highest BCUT2D eigenvalue weighted by molar-refractivity contribution is 5.66. The van der Waals surface area contributed by atoms with E-state index in [1.807, 2.05) is 0 Å². The minimum Gasteiger partial charge on any atom is -0.465 e. The number of nitrogens with two attached hydrogens (primary N) is 1. The monoisotopic (exact) mass is 385 g/mol. The van der Waals surface area contributed by atoms with Crippen LogP contribution in [0.25, 0.3) is 17.2 Å². The molecule has 3 aromatic rings. The molecule has 0 spiro atoms. The number of imidazole rings is 1. The minimum atomic E-state index is -0.995. The van der Waals surface area contributed by atoms with Crippen molar-refractivity contribution in [3.8, 4) is 11.5 Å². The Kier molecular flexibility index (Phi) is 4.68. The summed E-state index contributed by atoms with van der Waals surface area (Å²) in [5, 5.41) is 14.7. The Labute approximate surface area is 159 Å². The number of anilines is 2. The summed E-state index contributed by atoms with van der Waals surface area (Å²) in [4.78, 5) is 23.8. The average molecular weight is 385 g/mol. The Bertz CT molecular complexity index is 1010. The van der Waals surface area contributed by atoms with Crippen LogP contribution >= 0.6 is 0 Å². The Balaban J connectivity index is 1.53. The van der Waals surface area contributed by atoms with Gasteiger partial charge in [0.2, 0.25) is 0 Å². The van der Waals surface area contributed by atoms with E-state index in [0.29, 0.717) is 28.7 Å². The van der Waals surface area contributed by atoms with Crippen molar-refractivity contribution >= 4 is 23.2 Å². The van der Waals surface area contributed by atoms with Gasteiger partial charge in [-0.3, -0.25) is 4.40 Å². The van der Waals surface area contributed by atoms with E-state index in [9.17, 15) is 9.18 Å². The van der Waals surface area contributed by atoms with Crippen molar-refractivity contribution in [1.82, 2.24) is 24.7 Å². The summed E-state index contributed by atoms with van der Waals surface area (Å²) in [7, 11) is 0. The molecule has 1 aliphatic carbocycles. The molecule has 0 aliphatic heterocycles. The van der Waals surface area contributed by atoms with Gasteiger partial charge in [-0.2, -0.15) is 0 Å². The molecule has 10 heteroatoms. The van der Waals surface area contributed by atoms with E-state index >= 15 is 0 Å². The van der Waals surface area contributed by atoms with Crippen LogP contribution in [0.2, 0.25) is 0 Å². The summed E-state index contributed by atoms with van der Waals surface area (Å²) in [5.74, 6) is 0.509. The molecule has 4 rings (SSSR count). The molecule has 3 aromatic heterocycles. The standard InChI is InChI=1S/C18H20FN7O2/c19-10-1-6-15-21-8-14(26(15)9-10)17-22-7-13(20)16(25-17)23-11-2-4-12(5-3-11)24-18(27)28/h1,6-9,11-12,24H,2-5,20H2,(H,27,28)(H,22,23,25). The average Bonchev–Trinajstić information content (AvgIpc) is 3.08. The molecule has 1 aliphatic rings. The zero-order valence-corrected chi connectivity index (χ0v) is 15.0. The van der Waals surface area contributed by atoms with Crippen molar-refractivity contribution in [2.24, 2.45) is 0 Å². The van der Waals surface area contributed by atoms with Crippen LogP contribution in [0.4, 0.5) is 20.7 Å². The van der Waals surface area contributed by atoms with Crippen LogP contribution in [-0.2, 0) is 0 Å². The molecule has 0 aromatic carbocycles. The molecule has 0 saturated heterocycles. The molecule has 0 bridgehead atoms. The fourth-order valence-electron chi connectivity index (χ4n) is 3.50. The number of hydrogen-bond acceptors (Lipinski definition) is 6. The van der Waals surface area contributed by atoms with E-state index < -0.39 is 6.09 Å². The molecule has 0 unspecified atom stereocenters. The van der Waals surface area contributed by atoms with Gasteiger partial charge in [0.15, 0.2) is 11.6 Å². The number of nitrogens with zero attached hydrogens (tertiary/aromatic N) is 4. The van der Waals surface area contributed by atoms with Gasteiger partial charge in [-0.25, -0.2) is 24.1 Å². The number of aromatic nitrogens is 4. The van der Waals surface area contributed by atoms with Gasteiger partial charge >= 0.3 is 6.09 Å². The number of carboxylic acid groups (broad SMARTS) is 1. The second-order valence-electron chi connectivity index (χ2n) is 6.86. The number of hydrogen-bond donors (Lipinski definition) is 4. The van der Waals surface area contributed by atoms with E-state index in [1.54, 1.807) is 16.7 Å². The van der Waals surface area contributed by atoms with Crippen molar-refractivity contribution in [1.29, 1.82) is 0 Å². The Morgan fingerprint density at radius 3 is 2.68 bits per heavy atom. The van der Waals surface area contributed by atoms with Crippen molar-refractivity contribution in [2.75, 3.05) is 11.1 Å². The number of nitrogens with one attached hydrogen (secondary N) is 2. The molecular weight excluding hydrogens is 365 g/mol. The second kappa shape index (κ2) is 7.29. The van der Waals surface area contributed by atoms with Gasteiger partial charge in [0.25, 0.3) is 0 Å². The van der Waals surface area contributed by atoms with Gasteiger partial charge in [0, 0.05) is 18.3 Å². The molecule has 1 saturated carbocycles. The fraction of sp³-hybridized carbons (Fsp3) is 0.333. The predicted octanol–water partition coefficient (Wildman–Crippen LogP) is 2.50. The fourth-order valence-corrected chi connectivity index (χ4v) is 3.50. The van der Waals surface area contributed by atoms with Crippen molar-refractivity contribution in [2.45, 2.75) is 37.8 Å². The van der Waals surface area contributed by atoms with Crippen LogP contribution in [0.15, 0.2) is 30.7 Å². The second-order valence-corrected chi connectivity index (χ2v) is 6.86. The van der Waals surface area contributed by atoms with Crippen molar-refractivity contribution < 1.29 is 14.3 Å². The molecular formula is C18H20FN7O2. The summed E-state index contributed by atoms with van der Waals surface area (Å²) in [6.45, 7) is 0. The normalized spacial score (nSPS) is 19.5. The first kappa shape index (κ1) is 18.0. The van der Waals surface area contributed by atoms with E-state index in [2.05, 4.69) is 25.6 Å². The molecule has 3 heterocycles. The lowest BCUT2D eigenvalue weighted by Gasteiger charge is -2.29. The highest BCUT2D eigenvalue weighted by atomic mass is 19.1. The molecule has 0 atom stereocenters. The Hall–Kier alpha value is -3.43. The predicted molar refractivity (Wildman–Crippen MR) is 101 cm³/mol. The van der Waals surface area contributed by atoms with Gasteiger partial charge in [-0.1, -0.05) is 0 Å². The number of carbonyl (C=O) groups is 1. The van der Waals surface area contributed by atoms with Crippen LogP contribution in [0.5, 0.6) is 0 Å². The maximum Gasteiger partial charge on any atom is 0.404 e. The minimum absolute atomic E-state index is 0.0260. The number of fused-ring (bicyclic) bond motifs is 1. The number of rotatable bonds is 4. The summed E-state index contributed by atoms with van der Waals surface area (Å²) in [5.41, 5.74) is 7.60. The lowest BCUT2D eigenvalue weighted by atomic mass is 9.91. The zero-order valence-electron chi connectivity index (χ0n) is 15.0. The summed E-state index contributed by atoms with van der Waals surface area (Å²) in [6.07, 6.45) is 6.53. The molecule has 146 valence electrons. The van der Waals surface area contributed by atoms with Crippen LogP contribution in [0.3, 0.4) is 0 Å². The van der Waals surface area contributed by atoms with E-state index in [1.165, 1.54) is 18.5 Å². The third-order valence-electron chi connectivity index (χ3n) is 4.91. The first-order valence-corrected chi connectivity index (χ1v) is 9.01. The summed E-state index contributed by atoms with van der Waals surface area (Å²) < 4.78 is 15.2. The third-order valence-corrected chi connectivity index (χ3v) is 4.91. The van der Waals surface area contributed by atoms with Gasteiger partial charge in [-0.15, -0.1) is 0 Å². The number of halogens is 1. The Morgan fingerprint density at radius 1 is 1.18 bits per heavy atom. The van der Waals surface area contributed by atoms with Crippen LogP contribution < -0.4 is 16.4 Å². The summed E-state index contributed by atoms with van der Waals surface area (Å²) in [6, 6.07) is 3.04. The number of pyridine rings is 1. The molecule has 0 radical (unpaired) electrons. The lowest BCUT2D eigenvalue weighted by Crippen LogP contribution is -2.39. The molecule has 1 amide bonds. The van der Waals surface area contributed by atoms with Crippen LogP contribution in [-0.4, -0.2) is 42.6 Å². The smallest absolute Gasteiger partial charge is 0.404 e. The highest BCUT2D eigenvalue weighted by Gasteiger charge is 2.23. The molecule has 5 N–H and O–H groups in total. The molecule has 28 heavy (non-hydrogen) atoms. The first-order valence-electron chi connectivity index (χ1n) is 9.01. The van der Waals surface area contributed by atoms with Gasteiger partial charge in [0.1, 0.15) is 17.2 Å². The topological polar surface area (TPSA) is 130 Å². The number of nitrogen functional groups attached to an aromatic ring is 1. The van der Waals surface area contributed by atoms with Gasteiger partial charge in [-0.05, 0) is 37.8 Å².